The summed E-state index contributed by atoms with van der Waals surface area (Å²) < 4.78 is 1.73. The minimum Gasteiger partial charge on any atom is -0.325 e. The first-order valence-electron chi connectivity index (χ1n) is 12.2. The Balaban J connectivity index is 1.62. The lowest BCUT2D eigenvalue weighted by Gasteiger charge is -2.23. The molecule has 0 bridgehead atoms. The molecule has 3 aromatic carbocycles. The molecule has 4 rings (SSSR count). The van der Waals surface area contributed by atoms with Crippen LogP contribution in [-0.2, 0) is 16.8 Å². The van der Waals surface area contributed by atoms with Crippen molar-refractivity contribution in [2.45, 2.75) is 39.7 Å². The Morgan fingerprint density at radius 2 is 1.65 bits per heavy atom. The summed E-state index contributed by atoms with van der Waals surface area (Å²) >= 11 is 6.13. The number of benzene rings is 3. The maximum atomic E-state index is 13.4. The topological polar surface area (TPSA) is 67.2 Å². The normalized spacial score (nSPS) is 11.3. The molecule has 0 spiro atoms. The lowest BCUT2D eigenvalue weighted by molar-refractivity contribution is -0.117. The van der Waals surface area contributed by atoms with Gasteiger partial charge in [-0.15, -0.1) is 0 Å². The molecule has 0 aliphatic rings. The van der Waals surface area contributed by atoms with Gasteiger partial charge >= 0.3 is 0 Å². The van der Waals surface area contributed by atoms with Crippen LogP contribution in [0.2, 0.25) is 5.02 Å². The summed E-state index contributed by atoms with van der Waals surface area (Å²) in [7, 11) is 0. The van der Waals surface area contributed by atoms with Crippen molar-refractivity contribution in [1.29, 1.82) is 0 Å². The van der Waals surface area contributed by atoms with E-state index >= 15 is 0 Å². The van der Waals surface area contributed by atoms with E-state index in [1.807, 2.05) is 67.6 Å². The van der Waals surface area contributed by atoms with Gasteiger partial charge in [0.15, 0.2) is 0 Å². The number of rotatable bonds is 7. The Morgan fingerprint density at radius 1 is 0.946 bits per heavy atom. The molecule has 0 radical (unpaired) electrons. The molecular formula is C30H31ClN4O2. The molecule has 7 heteroatoms. The molecule has 6 nitrogen and oxygen atoms in total. The van der Waals surface area contributed by atoms with E-state index in [1.54, 1.807) is 28.9 Å². The van der Waals surface area contributed by atoms with Crippen molar-refractivity contribution in [2.24, 2.45) is 0 Å². The number of amides is 2. The number of nitrogens with zero attached hydrogens (tertiary/aromatic N) is 3. The number of hydrogen-bond acceptors (Lipinski definition) is 3. The molecule has 0 unspecified atom stereocenters. The highest BCUT2D eigenvalue weighted by Gasteiger charge is 2.24. The summed E-state index contributed by atoms with van der Waals surface area (Å²) in [5.74, 6) is -0.0439. The summed E-state index contributed by atoms with van der Waals surface area (Å²) in [5, 5.41) is 8.24. The van der Waals surface area contributed by atoms with E-state index < -0.39 is 0 Å². The third kappa shape index (κ3) is 6.66. The molecule has 37 heavy (non-hydrogen) atoms. The first-order valence-corrected chi connectivity index (χ1v) is 12.5. The zero-order valence-electron chi connectivity index (χ0n) is 21.5. The van der Waals surface area contributed by atoms with E-state index in [1.165, 1.54) is 4.90 Å². The number of carbonyl (C=O) groups excluding carboxylic acids is 2. The molecule has 0 atom stereocenters. The van der Waals surface area contributed by atoms with E-state index in [-0.39, 0.29) is 30.3 Å². The summed E-state index contributed by atoms with van der Waals surface area (Å²) in [6.45, 7) is 8.39. The first kappa shape index (κ1) is 26.2. The highest BCUT2D eigenvalue weighted by molar-refractivity contribution is 6.31. The largest absolute Gasteiger partial charge is 0.325 e. The Morgan fingerprint density at radius 3 is 2.30 bits per heavy atom. The minimum atomic E-state index is -0.319. The van der Waals surface area contributed by atoms with Crippen LogP contribution in [0.25, 0.3) is 5.69 Å². The molecule has 0 saturated heterocycles. The smallest absolute Gasteiger partial charge is 0.254 e. The second-order valence-corrected chi connectivity index (χ2v) is 10.6. The van der Waals surface area contributed by atoms with Crippen LogP contribution in [0, 0.1) is 6.92 Å². The van der Waals surface area contributed by atoms with Gasteiger partial charge in [-0.25, -0.2) is 4.68 Å². The van der Waals surface area contributed by atoms with Crippen molar-refractivity contribution in [1.82, 2.24) is 14.7 Å². The van der Waals surface area contributed by atoms with Gasteiger partial charge in [-0.1, -0.05) is 86.5 Å². The van der Waals surface area contributed by atoms with E-state index in [2.05, 4.69) is 26.1 Å². The van der Waals surface area contributed by atoms with Crippen LogP contribution < -0.4 is 5.32 Å². The van der Waals surface area contributed by atoms with Gasteiger partial charge in [-0.2, -0.15) is 5.10 Å². The maximum Gasteiger partial charge on any atom is 0.254 e. The molecule has 1 N–H and O–H groups in total. The highest BCUT2D eigenvalue weighted by Crippen LogP contribution is 2.26. The summed E-state index contributed by atoms with van der Waals surface area (Å²) in [6.07, 6.45) is 0. The van der Waals surface area contributed by atoms with Gasteiger partial charge in [0.25, 0.3) is 5.91 Å². The molecule has 0 saturated carbocycles. The van der Waals surface area contributed by atoms with E-state index in [0.29, 0.717) is 16.4 Å². The Bertz CT molecular complexity index is 1390. The number of hydrogen-bond donors (Lipinski definition) is 1. The maximum absolute atomic E-state index is 13.4. The van der Waals surface area contributed by atoms with Crippen LogP contribution in [-0.4, -0.2) is 33.0 Å². The van der Waals surface area contributed by atoms with Crippen molar-refractivity contribution >= 4 is 29.2 Å². The first-order chi connectivity index (χ1) is 17.6. The Kier molecular flexibility index (Phi) is 7.79. The zero-order valence-corrected chi connectivity index (χ0v) is 22.3. The average molecular weight is 515 g/mol. The van der Waals surface area contributed by atoms with Crippen LogP contribution in [0.15, 0.2) is 84.9 Å². The fourth-order valence-electron chi connectivity index (χ4n) is 3.88. The van der Waals surface area contributed by atoms with Crippen molar-refractivity contribution < 1.29 is 9.59 Å². The molecule has 190 valence electrons. The van der Waals surface area contributed by atoms with Gasteiger partial charge < -0.3 is 10.2 Å². The molecule has 2 amide bonds. The van der Waals surface area contributed by atoms with Gasteiger partial charge in [0.1, 0.15) is 12.4 Å². The third-order valence-corrected chi connectivity index (χ3v) is 6.17. The number of nitrogens with one attached hydrogen (secondary N) is 1. The van der Waals surface area contributed by atoms with Crippen molar-refractivity contribution in [3.63, 3.8) is 0 Å². The third-order valence-electron chi connectivity index (χ3n) is 5.93. The summed E-state index contributed by atoms with van der Waals surface area (Å²) in [6, 6.07) is 26.2. The number of anilines is 1. The minimum absolute atomic E-state index is 0.135. The average Bonchev–Trinajstić information content (AvgIpc) is 3.28. The predicted octanol–water partition coefficient (Wildman–Crippen LogP) is 6.41. The van der Waals surface area contributed by atoms with Crippen LogP contribution in [0.4, 0.5) is 5.82 Å². The molecule has 0 aliphatic heterocycles. The quantitative estimate of drug-likeness (QED) is 0.310. The zero-order chi connectivity index (χ0) is 26.6. The van der Waals surface area contributed by atoms with Gasteiger partial charge in [0.05, 0.1) is 11.4 Å². The van der Waals surface area contributed by atoms with Gasteiger partial charge in [-0.05, 0) is 42.8 Å². The molecule has 0 aliphatic carbocycles. The fraction of sp³-hybridized carbons (Fsp3) is 0.233. The van der Waals surface area contributed by atoms with Crippen LogP contribution in [0.1, 0.15) is 48.0 Å². The molecule has 1 heterocycles. The number of aromatic nitrogens is 2. The van der Waals surface area contributed by atoms with E-state index in [4.69, 9.17) is 16.7 Å². The van der Waals surface area contributed by atoms with Crippen molar-refractivity contribution in [3.8, 4) is 5.69 Å². The number of aryl methyl sites for hydroxylation is 1. The number of carbonyl (C=O) groups is 2. The lowest BCUT2D eigenvalue weighted by atomic mass is 9.92. The monoisotopic (exact) mass is 514 g/mol. The Labute approximate surface area is 222 Å². The predicted molar refractivity (Wildman–Crippen MR) is 148 cm³/mol. The van der Waals surface area contributed by atoms with Crippen LogP contribution in [0.3, 0.4) is 0 Å². The van der Waals surface area contributed by atoms with Crippen molar-refractivity contribution in [2.75, 3.05) is 11.9 Å². The molecule has 4 aromatic rings. The SMILES string of the molecule is Cc1ccc(-n2nc(C(C)(C)C)cc2NC(=O)CN(Cc2ccccc2)C(=O)c2cccc(Cl)c2)cc1. The molecule has 1 aromatic heterocycles. The van der Waals surface area contributed by atoms with Crippen LogP contribution in [0.5, 0.6) is 0 Å². The van der Waals surface area contributed by atoms with Gasteiger partial charge in [0.2, 0.25) is 5.91 Å². The van der Waals surface area contributed by atoms with Gasteiger partial charge in [0, 0.05) is 28.6 Å². The Hall–Kier alpha value is -3.90. The summed E-state index contributed by atoms with van der Waals surface area (Å²) in [4.78, 5) is 28.3. The standard InChI is InChI=1S/C30H31ClN4O2/c1-21-13-15-25(16-14-21)35-27(18-26(33-35)30(2,3)4)32-28(36)20-34(19-22-9-6-5-7-10-22)29(37)23-11-8-12-24(31)17-23/h5-18H,19-20H2,1-4H3,(H,32,36). The highest BCUT2D eigenvalue weighted by atomic mass is 35.5. The lowest BCUT2D eigenvalue weighted by Crippen LogP contribution is -2.37. The fourth-order valence-corrected chi connectivity index (χ4v) is 4.07. The van der Waals surface area contributed by atoms with Gasteiger partial charge in [-0.3, -0.25) is 9.59 Å². The van der Waals surface area contributed by atoms with E-state index in [9.17, 15) is 9.59 Å². The van der Waals surface area contributed by atoms with E-state index in [0.717, 1.165) is 22.5 Å². The number of halogens is 1. The second-order valence-electron chi connectivity index (χ2n) is 10.1. The van der Waals surface area contributed by atoms with Crippen molar-refractivity contribution in [3.05, 3.63) is 112 Å². The second kappa shape index (κ2) is 11.0. The van der Waals surface area contributed by atoms with Crippen LogP contribution >= 0.6 is 11.6 Å². The molecule has 0 fully saturated rings. The summed E-state index contributed by atoms with van der Waals surface area (Å²) in [5.41, 5.74) is 3.96. The molecular weight excluding hydrogens is 484 g/mol.